The lowest BCUT2D eigenvalue weighted by atomic mass is 10.1. The van der Waals surface area contributed by atoms with Crippen molar-refractivity contribution in [1.82, 2.24) is 10.5 Å². The van der Waals surface area contributed by atoms with Crippen LogP contribution in [0.2, 0.25) is 0 Å². The molecular formula is C24H24FN3O4. The number of aromatic nitrogens is 1. The number of hydrogen-bond acceptors (Lipinski definition) is 5. The number of anilines is 1. The van der Waals surface area contributed by atoms with E-state index in [-0.39, 0.29) is 29.9 Å². The molecule has 7 nitrogen and oxygen atoms in total. The standard InChI is InChI=1S/C24H24FN3O4/c1-13-4-5-17(23(29)26-18-7-8-18)11-21(13)27-24(30)16-6-9-22(20(25)10-16)31-12-19-14(2)28-32-15(19)3/h4-6,9-11,18H,7-8,12H2,1-3H3,(H,26,29)(H,27,30). The third-order valence-electron chi connectivity index (χ3n) is 5.41. The summed E-state index contributed by atoms with van der Waals surface area (Å²) in [5.74, 6) is -0.671. The average molecular weight is 437 g/mol. The minimum Gasteiger partial charge on any atom is -0.486 e. The van der Waals surface area contributed by atoms with Crippen LogP contribution >= 0.6 is 0 Å². The van der Waals surface area contributed by atoms with Crippen LogP contribution in [0.15, 0.2) is 40.9 Å². The Morgan fingerprint density at radius 1 is 1.09 bits per heavy atom. The van der Waals surface area contributed by atoms with Crippen molar-refractivity contribution in [2.75, 3.05) is 5.32 Å². The molecule has 8 heteroatoms. The number of carbonyl (C=O) groups excluding carboxylic acids is 2. The fraction of sp³-hybridized carbons (Fsp3) is 0.292. The maximum atomic E-state index is 14.6. The van der Waals surface area contributed by atoms with Gasteiger partial charge in [0.1, 0.15) is 12.4 Å². The molecule has 0 aliphatic heterocycles. The third kappa shape index (κ3) is 4.80. The molecule has 0 radical (unpaired) electrons. The second-order valence-electron chi connectivity index (χ2n) is 7.97. The van der Waals surface area contributed by atoms with Crippen LogP contribution in [-0.4, -0.2) is 23.0 Å². The van der Waals surface area contributed by atoms with Crippen LogP contribution in [0.4, 0.5) is 10.1 Å². The summed E-state index contributed by atoms with van der Waals surface area (Å²) in [7, 11) is 0. The van der Waals surface area contributed by atoms with Crippen molar-refractivity contribution in [3.05, 3.63) is 75.9 Å². The van der Waals surface area contributed by atoms with Gasteiger partial charge in [0.05, 0.1) is 11.3 Å². The van der Waals surface area contributed by atoms with Crippen LogP contribution in [0, 0.1) is 26.6 Å². The van der Waals surface area contributed by atoms with Crippen LogP contribution in [-0.2, 0) is 6.61 Å². The van der Waals surface area contributed by atoms with Crippen molar-refractivity contribution < 1.29 is 23.2 Å². The topological polar surface area (TPSA) is 93.5 Å². The quantitative estimate of drug-likeness (QED) is 0.569. The minimum atomic E-state index is -0.654. The van der Waals surface area contributed by atoms with E-state index >= 15 is 0 Å². The molecule has 1 heterocycles. The summed E-state index contributed by atoms with van der Waals surface area (Å²) in [6.07, 6.45) is 1.98. The summed E-state index contributed by atoms with van der Waals surface area (Å²) in [5, 5.41) is 9.52. The number of ether oxygens (including phenoxy) is 1. The molecule has 2 N–H and O–H groups in total. The number of hydrogen-bond donors (Lipinski definition) is 2. The second kappa shape index (κ2) is 8.82. The van der Waals surface area contributed by atoms with Gasteiger partial charge in [-0.1, -0.05) is 11.2 Å². The van der Waals surface area contributed by atoms with E-state index in [1.165, 1.54) is 12.1 Å². The molecule has 0 atom stereocenters. The van der Waals surface area contributed by atoms with E-state index in [9.17, 15) is 14.0 Å². The molecule has 4 rings (SSSR count). The van der Waals surface area contributed by atoms with Crippen molar-refractivity contribution in [3.63, 3.8) is 0 Å². The molecule has 0 bridgehead atoms. The Morgan fingerprint density at radius 3 is 2.47 bits per heavy atom. The molecule has 0 unspecified atom stereocenters. The SMILES string of the molecule is Cc1ccc(C(=O)NC2CC2)cc1NC(=O)c1ccc(OCc2c(C)noc2C)c(F)c1. The van der Waals surface area contributed by atoms with Gasteiger partial charge in [0.25, 0.3) is 11.8 Å². The van der Waals surface area contributed by atoms with Crippen LogP contribution in [0.5, 0.6) is 5.75 Å². The lowest BCUT2D eigenvalue weighted by molar-refractivity contribution is 0.0949. The Labute approximate surface area is 184 Å². The number of carbonyl (C=O) groups is 2. The maximum absolute atomic E-state index is 14.6. The lowest BCUT2D eigenvalue weighted by Crippen LogP contribution is -2.25. The Bertz CT molecular complexity index is 1160. The van der Waals surface area contributed by atoms with Crippen LogP contribution in [0.25, 0.3) is 0 Å². The van der Waals surface area contributed by atoms with Crippen LogP contribution in [0.3, 0.4) is 0 Å². The smallest absolute Gasteiger partial charge is 0.255 e. The molecule has 1 aromatic heterocycles. The number of aryl methyl sites for hydroxylation is 3. The fourth-order valence-electron chi connectivity index (χ4n) is 3.21. The first kappa shape index (κ1) is 21.5. The maximum Gasteiger partial charge on any atom is 0.255 e. The summed E-state index contributed by atoms with van der Waals surface area (Å²) in [5.41, 5.74) is 3.33. The van der Waals surface area contributed by atoms with E-state index in [0.29, 0.717) is 22.7 Å². The highest BCUT2D eigenvalue weighted by atomic mass is 19.1. The van der Waals surface area contributed by atoms with E-state index in [0.717, 1.165) is 30.0 Å². The van der Waals surface area contributed by atoms with Crippen molar-refractivity contribution in [1.29, 1.82) is 0 Å². The number of amides is 2. The largest absolute Gasteiger partial charge is 0.486 e. The van der Waals surface area contributed by atoms with Gasteiger partial charge in [-0.2, -0.15) is 0 Å². The fourth-order valence-corrected chi connectivity index (χ4v) is 3.21. The first-order valence-corrected chi connectivity index (χ1v) is 10.4. The van der Waals surface area contributed by atoms with Gasteiger partial charge in [-0.25, -0.2) is 4.39 Å². The summed E-state index contributed by atoms with van der Waals surface area (Å²) in [6.45, 7) is 5.48. The molecule has 2 amide bonds. The Balaban J connectivity index is 1.44. The molecule has 32 heavy (non-hydrogen) atoms. The van der Waals surface area contributed by atoms with E-state index in [2.05, 4.69) is 15.8 Å². The van der Waals surface area contributed by atoms with E-state index in [1.54, 1.807) is 32.0 Å². The molecule has 1 saturated carbocycles. The third-order valence-corrected chi connectivity index (χ3v) is 5.41. The van der Waals surface area contributed by atoms with E-state index in [4.69, 9.17) is 9.26 Å². The number of rotatable bonds is 7. The highest BCUT2D eigenvalue weighted by Gasteiger charge is 2.24. The van der Waals surface area contributed by atoms with Gasteiger partial charge in [-0.15, -0.1) is 0 Å². The zero-order chi connectivity index (χ0) is 22.8. The van der Waals surface area contributed by atoms with E-state index in [1.807, 2.05) is 6.92 Å². The Kier molecular flexibility index (Phi) is 5.94. The lowest BCUT2D eigenvalue weighted by Gasteiger charge is -2.12. The molecular weight excluding hydrogens is 413 g/mol. The van der Waals surface area contributed by atoms with Gasteiger partial charge in [-0.3, -0.25) is 9.59 Å². The predicted molar refractivity (Wildman–Crippen MR) is 116 cm³/mol. The first-order valence-electron chi connectivity index (χ1n) is 10.4. The zero-order valence-corrected chi connectivity index (χ0v) is 18.1. The van der Waals surface area contributed by atoms with Crippen molar-refractivity contribution >= 4 is 17.5 Å². The molecule has 3 aromatic rings. The zero-order valence-electron chi connectivity index (χ0n) is 18.1. The number of nitrogens with zero attached hydrogens (tertiary/aromatic N) is 1. The summed E-state index contributed by atoms with van der Waals surface area (Å²) >= 11 is 0. The predicted octanol–water partition coefficient (Wildman–Crippen LogP) is 4.46. The van der Waals surface area contributed by atoms with Gasteiger partial charge in [-0.05, 0) is 69.5 Å². The van der Waals surface area contributed by atoms with Gasteiger partial charge >= 0.3 is 0 Å². The van der Waals surface area contributed by atoms with Gasteiger partial charge < -0.3 is 19.9 Å². The normalized spacial score (nSPS) is 13.0. The van der Waals surface area contributed by atoms with E-state index < -0.39 is 11.7 Å². The molecule has 0 spiro atoms. The highest BCUT2D eigenvalue weighted by Crippen LogP contribution is 2.24. The minimum absolute atomic E-state index is 0.0245. The summed E-state index contributed by atoms with van der Waals surface area (Å²) in [6, 6.07) is 9.37. The molecule has 1 fully saturated rings. The van der Waals surface area contributed by atoms with Crippen LogP contribution in [0.1, 0.15) is 56.1 Å². The second-order valence-corrected chi connectivity index (χ2v) is 7.97. The van der Waals surface area contributed by atoms with Crippen LogP contribution < -0.4 is 15.4 Å². The molecule has 0 saturated heterocycles. The number of benzene rings is 2. The molecule has 1 aliphatic rings. The average Bonchev–Trinajstić information content (AvgIpc) is 3.52. The number of halogens is 1. The summed E-state index contributed by atoms with van der Waals surface area (Å²) < 4.78 is 25.2. The molecule has 1 aliphatic carbocycles. The Morgan fingerprint density at radius 2 is 1.81 bits per heavy atom. The monoisotopic (exact) mass is 437 g/mol. The highest BCUT2D eigenvalue weighted by molar-refractivity contribution is 6.05. The van der Waals surface area contributed by atoms with Crippen molar-refractivity contribution in [3.8, 4) is 5.75 Å². The van der Waals surface area contributed by atoms with Gasteiger partial charge in [0.2, 0.25) is 0 Å². The summed E-state index contributed by atoms with van der Waals surface area (Å²) in [4.78, 5) is 25.0. The van der Waals surface area contributed by atoms with Crippen molar-refractivity contribution in [2.24, 2.45) is 0 Å². The molecule has 166 valence electrons. The van der Waals surface area contributed by atoms with Gasteiger partial charge in [0.15, 0.2) is 11.6 Å². The Hall–Kier alpha value is -3.68. The van der Waals surface area contributed by atoms with Gasteiger partial charge in [0, 0.05) is 22.9 Å². The number of nitrogens with one attached hydrogen (secondary N) is 2. The molecule has 2 aromatic carbocycles. The first-order chi connectivity index (χ1) is 15.3. The van der Waals surface area contributed by atoms with Crippen molar-refractivity contribution in [2.45, 2.75) is 46.3 Å².